The number of hydrogen-bond donors (Lipinski definition) is 4. The summed E-state index contributed by atoms with van der Waals surface area (Å²) in [7, 11) is -3.92. The van der Waals surface area contributed by atoms with E-state index in [9.17, 15) is 18.0 Å². The summed E-state index contributed by atoms with van der Waals surface area (Å²) in [6, 6.07) is 4.46. The van der Waals surface area contributed by atoms with Crippen molar-refractivity contribution >= 4 is 21.9 Å². The Balaban J connectivity index is 2.85. The summed E-state index contributed by atoms with van der Waals surface area (Å²) in [5, 5.41) is 16.8. The van der Waals surface area contributed by atoms with E-state index in [1.165, 1.54) is 5.48 Å². The molecule has 0 aliphatic rings. The van der Waals surface area contributed by atoms with Crippen LogP contribution in [0.3, 0.4) is 0 Å². The summed E-state index contributed by atoms with van der Waals surface area (Å²) in [6.07, 6.45) is 0. The summed E-state index contributed by atoms with van der Waals surface area (Å²) < 4.78 is 25.2. The highest BCUT2D eigenvalue weighted by Gasteiger charge is 2.15. The van der Waals surface area contributed by atoms with Crippen molar-refractivity contribution in [1.82, 2.24) is 10.2 Å². The van der Waals surface area contributed by atoms with E-state index >= 15 is 0 Å². The molecule has 0 aromatic heterocycles. The summed E-state index contributed by atoms with van der Waals surface area (Å²) in [5.74, 6) is -2.09. The van der Waals surface area contributed by atoms with Crippen molar-refractivity contribution in [3.8, 4) is 0 Å². The topological polar surface area (TPSA) is 133 Å². The number of carbonyl (C=O) groups is 2. The van der Waals surface area contributed by atoms with Gasteiger partial charge in [0.2, 0.25) is 10.0 Å². The lowest BCUT2D eigenvalue weighted by Crippen LogP contribution is -2.35. The monoisotopic (exact) mass is 274 g/mol. The standard InChI is InChI=1S/C9H10N2O6S/c12-8(11-15)5-10-18(16,17)7-3-1-6(2-4-7)9(13)14/h1-4,10,15H,5H2,(H,11,12)(H,13,14). The predicted molar refractivity (Wildman–Crippen MR) is 58.5 cm³/mol. The van der Waals surface area contributed by atoms with Crippen LogP contribution < -0.4 is 10.2 Å². The lowest BCUT2D eigenvalue weighted by Gasteiger charge is -2.05. The Morgan fingerprint density at radius 2 is 1.72 bits per heavy atom. The molecule has 4 N–H and O–H groups in total. The zero-order valence-corrected chi connectivity index (χ0v) is 9.77. The van der Waals surface area contributed by atoms with Crippen LogP contribution in [-0.4, -0.2) is 37.2 Å². The molecule has 18 heavy (non-hydrogen) atoms. The van der Waals surface area contributed by atoms with Crippen molar-refractivity contribution in [2.24, 2.45) is 0 Å². The molecule has 0 radical (unpaired) electrons. The normalized spacial score (nSPS) is 10.9. The average Bonchev–Trinajstić information content (AvgIpc) is 2.36. The minimum absolute atomic E-state index is 0.0537. The van der Waals surface area contributed by atoms with Gasteiger partial charge >= 0.3 is 5.97 Å². The van der Waals surface area contributed by atoms with Gasteiger partial charge in [-0.1, -0.05) is 0 Å². The molecule has 0 bridgehead atoms. The maximum atomic E-state index is 11.6. The molecule has 9 heteroatoms. The second-order valence-electron chi connectivity index (χ2n) is 3.19. The maximum absolute atomic E-state index is 11.6. The second-order valence-corrected chi connectivity index (χ2v) is 4.96. The van der Waals surface area contributed by atoms with Crippen LogP contribution in [0.15, 0.2) is 29.2 Å². The van der Waals surface area contributed by atoms with E-state index in [4.69, 9.17) is 10.3 Å². The molecule has 0 spiro atoms. The molecule has 98 valence electrons. The van der Waals surface area contributed by atoms with Crippen LogP contribution in [0.4, 0.5) is 0 Å². The van der Waals surface area contributed by atoms with Crippen LogP contribution in [0.2, 0.25) is 0 Å². The van der Waals surface area contributed by atoms with E-state index in [0.717, 1.165) is 24.3 Å². The van der Waals surface area contributed by atoms with Crippen molar-refractivity contribution in [2.75, 3.05) is 6.54 Å². The molecule has 0 unspecified atom stereocenters. The Labute approximate surface area is 102 Å². The van der Waals surface area contributed by atoms with Crippen LogP contribution in [0, 0.1) is 0 Å². The molecule has 0 fully saturated rings. The van der Waals surface area contributed by atoms with Crippen molar-refractivity contribution in [1.29, 1.82) is 0 Å². The van der Waals surface area contributed by atoms with E-state index in [0.29, 0.717) is 0 Å². The fourth-order valence-electron chi connectivity index (χ4n) is 1.06. The second kappa shape index (κ2) is 5.58. The van der Waals surface area contributed by atoms with E-state index < -0.39 is 28.4 Å². The molecule has 1 aromatic rings. The summed E-state index contributed by atoms with van der Waals surface area (Å²) in [5.41, 5.74) is 1.22. The van der Waals surface area contributed by atoms with E-state index in [1.807, 2.05) is 4.72 Å². The number of hydroxylamine groups is 1. The summed E-state index contributed by atoms with van der Waals surface area (Å²) in [4.78, 5) is 21.1. The third kappa shape index (κ3) is 3.52. The van der Waals surface area contributed by atoms with Crippen LogP contribution >= 0.6 is 0 Å². The van der Waals surface area contributed by atoms with Crippen LogP contribution in [-0.2, 0) is 14.8 Å². The number of amides is 1. The summed E-state index contributed by atoms with van der Waals surface area (Å²) >= 11 is 0. The first-order chi connectivity index (χ1) is 8.36. The minimum atomic E-state index is -3.92. The zero-order chi connectivity index (χ0) is 13.8. The van der Waals surface area contributed by atoms with E-state index in [2.05, 4.69) is 0 Å². The van der Waals surface area contributed by atoms with Gasteiger partial charge in [-0.25, -0.2) is 23.4 Å². The zero-order valence-electron chi connectivity index (χ0n) is 8.95. The van der Waals surface area contributed by atoms with Crippen molar-refractivity contribution in [2.45, 2.75) is 4.90 Å². The van der Waals surface area contributed by atoms with E-state index in [1.54, 1.807) is 0 Å². The number of hydrogen-bond acceptors (Lipinski definition) is 5. The average molecular weight is 274 g/mol. The van der Waals surface area contributed by atoms with Crippen LogP contribution in [0.25, 0.3) is 0 Å². The molecular formula is C9H10N2O6S. The third-order valence-electron chi connectivity index (χ3n) is 1.96. The number of sulfonamides is 1. The van der Waals surface area contributed by atoms with Gasteiger partial charge in [-0.05, 0) is 24.3 Å². The Morgan fingerprint density at radius 1 is 1.17 bits per heavy atom. The lowest BCUT2D eigenvalue weighted by atomic mass is 10.2. The number of aromatic carboxylic acids is 1. The van der Waals surface area contributed by atoms with E-state index in [-0.39, 0.29) is 10.5 Å². The smallest absolute Gasteiger partial charge is 0.335 e. The van der Waals surface area contributed by atoms with Gasteiger partial charge in [0.25, 0.3) is 5.91 Å². The first kappa shape index (κ1) is 14.1. The Bertz CT molecular complexity index is 551. The van der Waals surface area contributed by atoms with Gasteiger partial charge in [0.15, 0.2) is 0 Å². The molecule has 1 aromatic carbocycles. The fourth-order valence-corrected chi connectivity index (χ4v) is 2.04. The van der Waals surface area contributed by atoms with Gasteiger partial charge in [-0.15, -0.1) is 0 Å². The van der Waals surface area contributed by atoms with Crippen molar-refractivity contribution in [3.63, 3.8) is 0 Å². The van der Waals surface area contributed by atoms with Gasteiger partial charge in [-0.2, -0.15) is 0 Å². The molecule has 1 amide bonds. The summed E-state index contributed by atoms with van der Waals surface area (Å²) in [6.45, 7) is -0.625. The highest BCUT2D eigenvalue weighted by atomic mass is 32.2. The molecule has 0 saturated heterocycles. The van der Waals surface area contributed by atoms with Gasteiger partial charge in [0, 0.05) is 0 Å². The van der Waals surface area contributed by atoms with Gasteiger partial charge in [0.05, 0.1) is 17.0 Å². The largest absolute Gasteiger partial charge is 0.478 e. The highest BCUT2D eigenvalue weighted by Crippen LogP contribution is 2.10. The number of carbonyl (C=O) groups excluding carboxylic acids is 1. The third-order valence-corrected chi connectivity index (χ3v) is 3.38. The molecule has 8 nitrogen and oxygen atoms in total. The lowest BCUT2D eigenvalue weighted by molar-refractivity contribution is -0.127. The number of carboxylic acid groups (broad SMARTS) is 1. The van der Waals surface area contributed by atoms with Crippen LogP contribution in [0.1, 0.15) is 10.4 Å². The number of benzene rings is 1. The Kier molecular flexibility index (Phi) is 4.37. The SMILES string of the molecule is O=C(CNS(=O)(=O)c1ccc(C(=O)O)cc1)NO. The quantitative estimate of drug-likeness (QED) is 0.409. The molecule has 0 aliphatic carbocycles. The van der Waals surface area contributed by atoms with Crippen LogP contribution in [0.5, 0.6) is 0 Å². The number of rotatable bonds is 5. The number of nitrogens with one attached hydrogen (secondary N) is 2. The van der Waals surface area contributed by atoms with Gasteiger partial charge in [-0.3, -0.25) is 10.0 Å². The molecule has 1 rings (SSSR count). The molecular weight excluding hydrogens is 264 g/mol. The Hall–Kier alpha value is -1.97. The van der Waals surface area contributed by atoms with Crippen molar-refractivity contribution < 1.29 is 28.3 Å². The molecule has 0 atom stereocenters. The maximum Gasteiger partial charge on any atom is 0.335 e. The molecule has 0 saturated carbocycles. The first-order valence-electron chi connectivity index (χ1n) is 4.63. The fraction of sp³-hybridized carbons (Fsp3) is 0.111. The predicted octanol–water partition coefficient (Wildman–Crippen LogP) is -0.832. The molecule has 0 heterocycles. The minimum Gasteiger partial charge on any atom is -0.478 e. The van der Waals surface area contributed by atoms with Gasteiger partial charge < -0.3 is 5.11 Å². The number of carboxylic acids is 1. The Morgan fingerprint density at radius 3 is 2.17 bits per heavy atom. The highest BCUT2D eigenvalue weighted by molar-refractivity contribution is 7.89. The van der Waals surface area contributed by atoms with Crippen molar-refractivity contribution in [3.05, 3.63) is 29.8 Å². The van der Waals surface area contributed by atoms with Gasteiger partial charge in [0.1, 0.15) is 0 Å². The molecule has 0 aliphatic heterocycles. The first-order valence-corrected chi connectivity index (χ1v) is 6.11.